The molecule has 0 spiro atoms. The molecule has 0 saturated carbocycles. The maximum atomic E-state index is 4.44. The number of hydrogen-bond donors (Lipinski definition) is 1. The highest BCUT2D eigenvalue weighted by atomic mass is 32.2. The van der Waals surface area contributed by atoms with Crippen LogP contribution in [0.15, 0.2) is 42.7 Å². The van der Waals surface area contributed by atoms with Gasteiger partial charge in [-0.1, -0.05) is 30.3 Å². The van der Waals surface area contributed by atoms with Gasteiger partial charge in [0.2, 0.25) is 0 Å². The minimum absolute atomic E-state index is 0.767. The van der Waals surface area contributed by atoms with Crippen molar-refractivity contribution < 1.29 is 0 Å². The number of hydrogen-bond acceptors (Lipinski definition) is 4. The van der Waals surface area contributed by atoms with E-state index in [9.17, 15) is 0 Å². The minimum Gasteiger partial charge on any atom is -0.311 e. The summed E-state index contributed by atoms with van der Waals surface area (Å²) in [5.74, 6) is 3.89. The third kappa shape index (κ3) is 4.80. The molecule has 1 atom stereocenters. The van der Waals surface area contributed by atoms with Crippen molar-refractivity contribution in [3.63, 3.8) is 0 Å². The molecule has 3 nitrogen and oxygen atoms in total. The lowest BCUT2D eigenvalue weighted by atomic mass is 10.2. The first-order chi connectivity index (χ1) is 10.4. The molecule has 1 aromatic carbocycles. The van der Waals surface area contributed by atoms with Crippen LogP contribution in [0.1, 0.15) is 11.1 Å². The predicted molar refractivity (Wildman–Crippen MR) is 93.0 cm³/mol. The molecule has 1 unspecified atom stereocenters. The first-order valence-corrected chi connectivity index (χ1v) is 9.56. The van der Waals surface area contributed by atoms with E-state index in [2.05, 4.69) is 64.4 Å². The Balaban J connectivity index is 1.44. The molecule has 1 aliphatic rings. The Morgan fingerprint density at radius 1 is 1.19 bits per heavy atom. The fourth-order valence-electron chi connectivity index (χ4n) is 2.39. The molecule has 1 aliphatic heterocycles. The summed E-state index contributed by atoms with van der Waals surface area (Å²) in [6.07, 6.45) is 4.11. The fraction of sp³-hybridized carbons (Fsp3) is 0.438. The molecule has 2 aromatic rings. The Labute approximate surface area is 134 Å². The normalized spacial score (nSPS) is 18.8. The van der Waals surface area contributed by atoms with Crippen LogP contribution in [0.3, 0.4) is 0 Å². The molecule has 1 N–H and O–H groups in total. The first kappa shape index (κ1) is 15.0. The van der Waals surface area contributed by atoms with E-state index in [-0.39, 0.29) is 0 Å². The van der Waals surface area contributed by atoms with Crippen LogP contribution in [-0.2, 0) is 13.1 Å². The molecule has 3 rings (SSSR count). The number of nitrogens with zero attached hydrogens (tertiary/aromatic N) is 2. The number of benzene rings is 1. The lowest BCUT2D eigenvalue weighted by Crippen LogP contribution is -2.28. The highest BCUT2D eigenvalue weighted by Gasteiger charge is 2.13. The quantitative estimate of drug-likeness (QED) is 0.887. The summed E-state index contributed by atoms with van der Waals surface area (Å²) < 4.78 is 2.01. The van der Waals surface area contributed by atoms with Gasteiger partial charge < -0.3 is 5.32 Å². The summed E-state index contributed by atoms with van der Waals surface area (Å²) in [6, 6.07) is 10.5. The van der Waals surface area contributed by atoms with Gasteiger partial charge in [-0.2, -0.15) is 28.6 Å². The summed E-state index contributed by atoms with van der Waals surface area (Å²) in [4.78, 5) is 0. The molecule has 0 bridgehead atoms. The monoisotopic (exact) mass is 319 g/mol. The van der Waals surface area contributed by atoms with Crippen molar-refractivity contribution in [1.29, 1.82) is 0 Å². The first-order valence-electron chi connectivity index (χ1n) is 7.35. The van der Waals surface area contributed by atoms with Crippen LogP contribution in [0, 0.1) is 0 Å². The van der Waals surface area contributed by atoms with Crippen molar-refractivity contribution in [3.8, 4) is 0 Å². The Morgan fingerprint density at radius 3 is 2.90 bits per heavy atom. The van der Waals surface area contributed by atoms with E-state index in [1.54, 1.807) is 0 Å². The average molecular weight is 319 g/mol. The van der Waals surface area contributed by atoms with Crippen molar-refractivity contribution in [1.82, 2.24) is 15.1 Å². The van der Waals surface area contributed by atoms with E-state index in [4.69, 9.17) is 0 Å². The van der Waals surface area contributed by atoms with Gasteiger partial charge in [-0.3, -0.25) is 4.68 Å². The topological polar surface area (TPSA) is 29.9 Å². The standard InChI is InChI=1S/C16H21N3S2/c1-2-4-14(5-3-1)11-19-12-15(9-18-19)8-17-10-16-13-20-6-7-21-16/h1-5,9,12,16-17H,6-8,10-11,13H2. The largest absolute Gasteiger partial charge is 0.311 e. The fourth-order valence-corrected chi connectivity index (χ4v) is 5.03. The zero-order chi connectivity index (χ0) is 14.3. The van der Waals surface area contributed by atoms with Crippen LogP contribution in [0.5, 0.6) is 0 Å². The molecule has 2 heterocycles. The van der Waals surface area contributed by atoms with Gasteiger partial charge in [-0.25, -0.2) is 0 Å². The molecule has 1 saturated heterocycles. The van der Waals surface area contributed by atoms with Crippen LogP contribution in [0.2, 0.25) is 0 Å². The van der Waals surface area contributed by atoms with Crippen LogP contribution in [-0.4, -0.2) is 38.8 Å². The molecule has 21 heavy (non-hydrogen) atoms. The van der Waals surface area contributed by atoms with Gasteiger partial charge in [-0.15, -0.1) is 0 Å². The Bertz CT molecular complexity index is 535. The van der Waals surface area contributed by atoms with Gasteiger partial charge in [-0.05, 0) is 5.56 Å². The van der Waals surface area contributed by atoms with Crippen molar-refractivity contribution in [2.24, 2.45) is 0 Å². The minimum atomic E-state index is 0.767. The summed E-state index contributed by atoms with van der Waals surface area (Å²) in [6.45, 7) is 2.86. The molecule has 0 aliphatic carbocycles. The zero-order valence-corrected chi connectivity index (χ0v) is 13.7. The van der Waals surface area contributed by atoms with Crippen molar-refractivity contribution in [2.45, 2.75) is 18.3 Å². The Kier molecular flexibility index (Phi) is 5.66. The third-order valence-corrected chi connectivity index (χ3v) is 6.31. The Morgan fingerprint density at radius 2 is 2.10 bits per heavy atom. The second-order valence-corrected chi connectivity index (χ2v) is 7.79. The van der Waals surface area contributed by atoms with E-state index < -0.39 is 0 Å². The van der Waals surface area contributed by atoms with Crippen LogP contribution in [0.25, 0.3) is 0 Å². The van der Waals surface area contributed by atoms with E-state index in [0.29, 0.717) is 0 Å². The smallest absolute Gasteiger partial charge is 0.0659 e. The summed E-state index contributed by atoms with van der Waals surface area (Å²) in [5, 5.41) is 8.77. The Hall–Kier alpha value is -0.910. The highest BCUT2D eigenvalue weighted by Crippen LogP contribution is 2.23. The molecule has 5 heteroatoms. The van der Waals surface area contributed by atoms with Gasteiger partial charge in [0, 0.05) is 47.4 Å². The second-order valence-electron chi connectivity index (χ2n) is 5.23. The highest BCUT2D eigenvalue weighted by molar-refractivity contribution is 8.06. The summed E-state index contributed by atoms with van der Waals surface area (Å²) >= 11 is 4.18. The van der Waals surface area contributed by atoms with Gasteiger partial charge in [0.25, 0.3) is 0 Å². The van der Waals surface area contributed by atoms with Gasteiger partial charge in [0.15, 0.2) is 0 Å². The van der Waals surface area contributed by atoms with Crippen molar-refractivity contribution in [2.75, 3.05) is 23.8 Å². The lowest BCUT2D eigenvalue weighted by Gasteiger charge is -2.20. The SMILES string of the molecule is c1ccc(Cn2cc(CNCC3CSCCS3)cn2)cc1. The van der Waals surface area contributed by atoms with Crippen molar-refractivity contribution >= 4 is 23.5 Å². The number of nitrogens with one attached hydrogen (secondary N) is 1. The molecule has 1 aromatic heterocycles. The predicted octanol–water partition coefficient (Wildman–Crippen LogP) is 2.87. The van der Waals surface area contributed by atoms with Gasteiger partial charge >= 0.3 is 0 Å². The van der Waals surface area contributed by atoms with E-state index in [1.165, 1.54) is 28.4 Å². The van der Waals surface area contributed by atoms with Crippen LogP contribution >= 0.6 is 23.5 Å². The maximum absolute atomic E-state index is 4.44. The molecular weight excluding hydrogens is 298 g/mol. The molecule has 1 fully saturated rings. The number of aromatic nitrogens is 2. The molecule has 112 valence electrons. The number of thioether (sulfide) groups is 2. The second kappa shape index (κ2) is 7.92. The summed E-state index contributed by atoms with van der Waals surface area (Å²) in [7, 11) is 0. The van der Waals surface area contributed by atoms with E-state index >= 15 is 0 Å². The third-order valence-electron chi connectivity index (χ3n) is 3.46. The molecule has 0 radical (unpaired) electrons. The van der Waals surface area contributed by atoms with E-state index in [1.807, 2.05) is 16.9 Å². The zero-order valence-electron chi connectivity index (χ0n) is 12.1. The maximum Gasteiger partial charge on any atom is 0.0659 e. The van der Waals surface area contributed by atoms with Crippen LogP contribution in [0.4, 0.5) is 0 Å². The van der Waals surface area contributed by atoms with E-state index in [0.717, 1.165) is 24.9 Å². The molecular formula is C16H21N3S2. The van der Waals surface area contributed by atoms with Gasteiger partial charge in [0.05, 0.1) is 12.7 Å². The van der Waals surface area contributed by atoms with Crippen LogP contribution < -0.4 is 5.32 Å². The average Bonchev–Trinajstić information content (AvgIpc) is 2.97. The van der Waals surface area contributed by atoms with Crippen molar-refractivity contribution in [3.05, 3.63) is 53.9 Å². The summed E-state index contributed by atoms with van der Waals surface area (Å²) in [5.41, 5.74) is 2.55. The van der Waals surface area contributed by atoms with Gasteiger partial charge in [0.1, 0.15) is 0 Å². The lowest BCUT2D eigenvalue weighted by molar-refractivity contribution is 0.675. The number of rotatable bonds is 6. The molecule has 0 amide bonds.